The molecule has 7 heteroatoms. The number of hydrogen-bond donors (Lipinski definition) is 1. The summed E-state index contributed by atoms with van der Waals surface area (Å²) in [5, 5.41) is 2.71. The van der Waals surface area contributed by atoms with Gasteiger partial charge >= 0.3 is 0 Å². The molecule has 0 atom stereocenters. The molecule has 0 aliphatic rings. The lowest BCUT2D eigenvalue weighted by molar-refractivity contribution is 0.102. The Bertz CT molecular complexity index is 852. The fourth-order valence-electron chi connectivity index (χ4n) is 2.22. The van der Waals surface area contributed by atoms with Gasteiger partial charge in [0.25, 0.3) is 5.91 Å². The molecule has 0 radical (unpaired) electrons. The first kappa shape index (κ1) is 17.8. The molecule has 1 amide bonds. The van der Waals surface area contributed by atoms with Crippen LogP contribution in [0.1, 0.15) is 15.9 Å². The molecule has 24 heavy (non-hydrogen) atoms. The van der Waals surface area contributed by atoms with Crippen LogP contribution >= 0.6 is 0 Å². The monoisotopic (exact) mass is 349 g/mol. The third kappa shape index (κ3) is 4.05. The number of nitrogens with one attached hydrogen (secondary N) is 1. The van der Waals surface area contributed by atoms with Crippen LogP contribution in [0.25, 0.3) is 0 Å². The third-order valence-electron chi connectivity index (χ3n) is 3.46. The van der Waals surface area contributed by atoms with E-state index in [1.807, 2.05) is 0 Å². The van der Waals surface area contributed by atoms with Crippen LogP contribution in [0.4, 0.5) is 5.69 Å². The first-order chi connectivity index (χ1) is 11.2. The highest BCUT2D eigenvalue weighted by molar-refractivity contribution is 7.90. The molecule has 0 aromatic heterocycles. The first-order valence-corrected chi connectivity index (χ1v) is 8.99. The van der Waals surface area contributed by atoms with E-state index in [1.165, 1.54) is 20.3 Å². The number of aryl methyl sites for hydroxylation is 1. The van der Waals surface area contributed by atoms with Gasteiger partial charge in [-0.3, -0.25) is 4.79 Å². The molecule has 128 valence electrons. The van der Waals surface area contributed by atoms with Crippen LogP contribution in [0.5, 0.6) is 11.5 Å². The number of anilines is 1. The Morgan fingerprint density at radius 1 is 1.00 bits per heavy atom. The molecule has 0 fully saturated rings. The van der Waals surface area contributed by atoms with Crippen LogP contribution in [0.2, 0.25) is 0 Å². The van der Waals surface area contributed by atoms with Crippen molar-refractivity contribution < 1.29 is 22.7 Å². The van der Waals surface area contributed by atoms with Crippen LogP contribution in [0.3, 0.4) is 0 Å². The molecule has 0 spiro atoms. The second-order valence-electron chi connectivity index (χ2n) is 5.31. The van der Waals surface area contributed by atoms with Crippen LogP contribution in [0, 0.1) is 6.92 Å². The summed E-state index contributed by atoms with van der Waals surface area (Å²) >= 11 is 0. The van der Waals surface area contributed by atoms with Gasteiger partial charge in [-0.15, -0.1) is 0 Å². The lowest BCUT2D eigenvalue weighted by Gasteiger charge is -2.11. The van der Waals surface area contributed by atoms with E-state index >= 15 is 0 Å². The summed E-state index contributed by atoms with van der Waals surface area (Å²) < 4.78 is 33.9. The zero-order chi connectivity index (χ0) is 17.9. The molecule has 6 nitrogen and oxygen atoms in total. The van der Waals surface area contributed by atoms with Crippen LogP contribution < -0.4 is 14.8 Å². The Kier molecular flexibility index (Phi) is 5.14. The largest absolute Gasteiger partial charge is 0.497 e. The van der Waals surface area contributed by atoms with E-state index in [1.54, 1.807) is 37.3 Å². The quantitative estimate of drug-likeness (QED) is 0.897. The number of carbonyl (C=O) groups is 1. The van der Waals surface area contributed by atoms with E-state index in [4.69, 9.17) is 9.47 Å². The minimum atomic E-state index is -3.40. The number of carbonyl (C=O) groups excluding carboxylic acids is 1. The van der Waals surface area contributed by atoms with Gasteiger partial charge in [-0.2, -0.15) is 0 Å². The second-order valence-corrected chi connectivity index (χ2v) is 7.29. The topological polar surface area (TPSA) is 81.7 Å². The van der Waals surface area contributed by atoms with E-state index in [2.05, 4.69) is 5.32 Å². The maximum absolute atomic E-state index is 12.4. The second kappa shape index (κ2) is 6.92. The van der Waals surface area contributed by atoms with Crippen molar-refractivity contribution in [1.29, 1.82) is 0 Å². The van der Waals surface area contributed by atoms with Crippen molar-refractivity contribution >= 4 is 21.4 Å². The Hall–Kier alpha value is -2.54. The Labute approximate surface area is 141 Å². The van der Waals surface area contributed by atoms with E-state index in [9.17, 15) is 13.2 Å². The number of ether oxygens (including phenoxy) is 2. The predicted molar refractivity (Wildman–Crippen MR) is 91.8 cm³/mol. The van der Waals surface area contributed by atoms with E-state index in [-0.39, 0.29) is 10.5 Å². The minimum absolute atomic E-state index is 0.137. The van der Waals surface area contributed by atoms with E-state index in [0.29, 0.717) is 22.7 Å². The molecule has 0 heterocycles. The molecular weight excluding hydrogens is 330 g/mol. The van der Waals surface area contributed by atoms with Crippen molar-refractivity contribution in [3.63, 3.8) is 0 Å². The Balaban J connectivity index is 2.34. The molecule has 1 N–H and O–H groups in total. The zero-order valence-electron chi connectivity index (χ0n) is 13.9. The normalized spacial score (nSPS) is 11.0. The maximum atomic E-state index is 12.4. The lowest BCUT2D eigenvalue weighted by Crippen LogP contribution is -2.13. The molecule has 0 saturated carbocycles. The van der Waals surface area contributed by atoms with Crippen molar-refractivity contribution in [3.8, 4) is 11.5 Å². The average molecular weight is 349 g/mol. The molecule has 0 aliphatic carbocycles. The molecule has 0 aliphatic heterocycles. The number of methoxy groups -OCH3 is 2. The summed E-state index contributed by atoms with van der Waals surface area (Å²) in [6.07, 6.45) is 1.12. The molecule has 2 aromatic rings. The molecular formula is C17H19NO5S. The number of sulfone groups is 1. The van der Waals surface area contributed by atoms with Crippen LogP contribution in [-0.2, 0) is 9.84 Å². The molecule has 2 rings (SSSR count). The summed E-state index contributed by atoms with van der Waals surface area (Å²) in [5.41, 5.74) is 1.33. The van der Waals surface area contributed by atoms with Gasteiger partial charge in [-0.05, 0) is 24.6 Å². The number of benzene rings is 2. The van der Waals surface area contributed by atoms with Crippen molar-refractivity contribution in [2.75, 3.05) is 25.8 Å². The molecule has 0 bridgehead atoms. The Morgan fingerprint density at radius 2 is 1.58 bits per heavy atom. The molecule has 0 saturated heterocycles. The maximum Gasteiger partial charge on any atom is 0.255 e. The number of amides is 1. The van der Waals surface area contributed by atoms with Crippen LogP contribution in [-0.4, -0.2) is 34.8 Å². The molecule has 2 aromatic carbocycles. The van der Waals surface area contributed by atoms with Crippen molar-refractivity contribution in [3.05, 3.63) is 47.5 Å². The summed E-state index contributed by atoms with van der Waals surface area (Å²) in [7, 11) is -0.378. The predicted octanol–water partition coefficient (Wildman–Crippen LogP) is 2.67. The average Bonchev–Trinajstić information content (AvgIpc) is 2.53. The summed E-state index contributed by atoms with van der Waals surface area (Å²) in [6, 6.07) is 9.53. The van der Waals surface area contributed by atoms with Gasteiger partial charge in [0.1, 0.15) is 11.5 Å². The number of hydrogen-bond acceptors (Lipinski definition) is 5. The Morgan fingerprint density at radius 3 is 2.08 bits per heavy atom. The fraction of sp³-hybridized carbons (Fsp3) is 0.235. The van der Waals surface area contributed by atoms with Crippen molar-refractivity contribution in [2.45, 2.75) is 11.8 Å². The van der Waals surface area contributed by atoms with E-state index in [0.717, 1.165) is 6.26 Å². The first-order valence-electron chi connectivity index (χ1n) is 7.09. The fourth-order valence-corrected chi connectivity index (χ4v) is 3.22. The van der Waals surface area contributed by atoms with Crippen LogP contribution in [0.15, 0.2) is 41.3 Å². The van der Waals surface area contributed by atoms with E-state index < -0.39 is 15.7 Å². The van der Waals surface area contributed by atoms with Gasteiger partial charge in [0.2, 0.25) is 0 Å². The summed E-state index contributed by atoms with van der Waals surface area (Å²) in [4.78, 5) is 12.6. The summed E-state index contributed by atoms with van der Waals surface area (Å²) in [5.74, 6) is 0.644. The van der Waals surface area contributed by atoms with Crippen molar-refractivity contribution in [2.24, 2.45) is 0 Å². The van der Waals surface area contributed by atoms with Gasteiger partial charge in [0, 0.05) is 35.7 Å². The standard InChI is InChI=1S/C17H19NO5S/c1-11-5-6-12(7-16(11)24(4,20)21)17(19)18-13-8-14(22-2)10-15(9-13)23-3/h5-10H,1-4H3,(H,18,19). The number of rotatable bonds is 5. The van der Waals surface area contributed by atoms with Crippen molar-refractivity contribution in [1.82, 2.24) is 0 Å². The van der Waals surface area contributed by atoms with Gasteiger partial charge in [-0.25, -0.2) is 8.42 Å². The van der Waals surface area contributed by atoms with Gasteiger partial charge in [0.15, 0.2) is 9.84 Å². The van der Waals surface area contributed by atoms with Gasteiger partial charge in [-0.1, -0.05) is 6.07 Å². The SMILES string of the molecule is COc1cc(NC(=O)c2ccc(C)c(S(C)(=O)=O)c2)cc(OC)c1. The zero-order valence-corrected chi connectivity index (χ0v) is 14.7. The highest BCUT2D eigenvalue weighted by Crippen LogP contribution is 2.26. The highest BCUT2D eigenvalue weighted by Gasteiger charge is 2.15. The van der Waals surface area contributed by atoms with Gasteiger partial charge < -0.3 is 14.8 Å². The summed E-state index contributed by atoms with van der Waals surface area (Å²) in [6.45, 7) is 1.69. The third-order valence-corrected chi connectivity index (χ3v) is 4.70. The smallest absolute Gasteiger partial charge is 0.255 e. The lowest BCUT2D eigenvalue weighted by atomic mass is 10.1. The molecule has 0 unspecified atom stereocenters. The highest BCUT2D eigenvalue weighted by atomic mass is 32.2. The van der Waals surface area contributed by atoms with Gasteiger partial charge in [0.05, 0.1) is 19.1 Å². The minimum Gasteiger partial charge on any atom is -0.497 e.